The summed E-state index contributed by atoms with van der Waals surface area (Å²) in [5.41, 5.74) is -0.686. The number of halogens is 4. The second-order valence-electron chi connectivity index (χ2n) is 6.61. The Labute approximate surface area is 187 Å². The number of nitrogens with zero attached hydrogens (tertiary/aromatic N) is 6. The highest BCUT2D eigenvalue weighted by atomic mass is 127. The first-order valence-corrected chi connectivity index (χ1v) is 11.5. The fourth-order valence-corrected chi connectivity index (χ4v) is 4.93. The first-order valence-electron chi connectivity index (χ1n) is 8.72. The summed E-state index contributed by atoms with van der Waals surface area (Å²) in [7, 11) is -2.35. The summed E-state index contributed by atoms with van der Waals surface area (Å²) in [6, 6.07) is 4.39. The molecule has 0 N–H and O–H groups in total. The van der Waals surface area contributed by atoms with Crippen LogP contribution in [0.2, 0.25) is 0 Å². The van der Waals surface area contributed by atoms with Gasteiger partial charge in [0.25, 0.3) is 0 Å². The smallest absolute Gasteiger partial charge is 0.310 e. The quantitative estimate of drug-likeness (QED) is 0.355. The van der Waals surface area contributed by atoms with Crippen molar-refractivity contribution in [1.82, 2.24) is 23.9 Å². The lowest BCUT2D eigenvalue weighted by Gasteiger charge is -2.06. The predicted octanol–water partition coefficient (Wildman–Crippen LogP) is 3.57. The van der Waals surface area contributed by atoms with Crippen LogP contribution in [0.4, 0.5) is 13.2 Å². The summed E-state index contributed by atoms with van der Waals surface area (Å²) in [5, 5.41) is 9.29. The van der Waals surface area contributed by atoms with Gasteiger partial charge in [0, 0.05) is 23.0 Å². The van der Waals surface area contributed by atoms with Crippen molar-refractivity contribution in [2.75, 3.05) is 5.75 Å². The van der Waals surface area contributed by atoms with Crippen LogP contribution in [0.1, 0.15) is 18.1 Å². The molecule has 0 radical (unpaired) electrons. The summed E-state index contributed by atoms with van der Waals surface area (Å²) >= 11 is 1.95. The number of imidazole rings is 2. The van der Waals surface area contributed by atoms with E-state index in [0.29, 0.717) is 9.77 Å². The lowest BCUT2D eigenvalue weighted by atomic mass is 10.2. The number of rotatable bonds is 3. The summed E-state index contributed by atoms with van der Waals surface area (Å²) in [5.74, 6) is -0.224. The van der Waals surface area contributed by atoms with E-state index < -0.39 is 21.6 Å². The van der Waals surface area contributed by atoms with Gasteiger partial charge in [0.05, 0.1) is 16.9 Å². The maximum atomic E-state index is 13.1. The van der Waals surface area contributed by atoms with Crippen molar-refractivity contribution in [3.63, 3.8) is 0 Å². The molecule has 0 saturated heterocycles. The highest BCUT2D eigenvalue weighted by Gasteiger charge is 2.33. The average Bonchev–Trinajstić information content (AvgIpc) is 3.24. The number of pyridine rings is 2. The second-order valence-corrected chi connectivity index (χ2v) is 10.0. The fraction of sp³-hybridized carbons (Fsp3) is 0.222. The molecule has 0 atom stereocenters. The van der Waals surface area contributed by atoms with E-state index in [9.17, 15) is 26.9 Å². The molecule has 0 saturated carbocycles. The highest BCUT2D eigenvalue weighted by molar-refractivity contribution is 14.1. The molecule has 31 heavy (non-hydrogen) atoms. The van der Waals surface area contributed by atoms with Gasteiger partial charge in [-0.25, -0.2) is 23.4 Å². The van der Waals surface area contributed by atoms with Crippen molar-refractivity contribution < 1.29 is 21.6 Å². The molecule has 8 nitrogen and oxygen atoms in total. The van der Waals surface area contributed by atoms with Gasteiger partial charge in [-0.3, -0.25) is 4.40 Å². The monoisotopic (exact) mass is 560 g/mol. The minimum Gasteiger partial charge on any atom is -0.310 e. The number of aryl methyl sites for hydroxylation is 1. The first-order chi connectivity index (χ1) is 14.5. The molecular formula is C18H12F3IN6O2S. The molecule has 0 aliphatic heterocycles. The van der Waals surface area contributed by atoms with Gasteiger partial charge in [-0.2, -0.15) is 18.4 Å². The molecule has 13 heteroatoms. The minimum absolute atomic E-state index is 0.0245. The maximum Gasteiger partial charge on any atom is 0.417 e. The number of sulfone groups is 1. The number of nitriles is 1. The van der Waals surface area contributed by atoms with Crippen molar-refractivity contribution >= 4 is 49.2 Å². The van der Waals surface area contributed by atoms with E-state index in [0.717, 1.165) is 6.07 Å². The molecule has 4 aromatic heterocycles. The van der Waals surface area contributed by atoms with Crippen molar-refractivity contribution in [3.05, 3.63) is 39.2 Å². The minimum atomic E-state index is -4.60. The fourth-order valence-electron chi connectivity index (χ4n) is 3.20. The molecule has 0 aliphatic rings. The van der Waals surface area contributed by atoms with E-state index in [1.165, 1.54) is 29.1 Å². The van der Waals surface area contributed by atoms with Gasteiger partial charge in [-0.15, -0.1) is 0 Å². The largest absolute Gasteiger partial charge is 0.417 e. The van der Waals surface area contributed by atoms with Crippen LogP contribution in [0.15, 0.2) is 29.6 Å². The van der Waals surface area contributed by atoms with Crippen LogP contribution in [0.5, 0.6) is 0 Å². The van der Waals surface area contributed by atoms with Gasteiger partial charge in [0.1, 0.15) is 17.3 Å². The Kier molecular flexibility index (Phi) is 4.97. The van der Waals surface area contributed by atoms with Crippen molar-refractivity contribution in [3.8, 4) is 17.6 Å². The highest BCUT2D eigenvalue weighted by Crippen LogP contribution is 2.34. The molecule has 4 aromatic rings. The molecule has 0 amide bonds. The van der Waals surface area contributed by atoms with E-state index in [-0.39, 0.29) is 44.7 Å². The van der Waals surface area contributed by atoms with Gasteiger partial charge in [-0.1, -0.05) is 6.92 Å². The van der Waals surface area contributed by atoms with Crippen LogP contribution in [0, 0.1) is 14.9 Å². The zero-order chi connectivity index (χ0) is 22.7. The van der Waals surface area contributed by atoms with E-state index in [4.69, 9.17) is 0 Å². The molecule has 0 spiro atoms. The Morgan fingerprint density at radius 1 is 1.23 bits per heavy atom. The lowest BCUT2D eigenvalue weighted by Crippen LogP contribution is -2.10. The molecule has 4 rings (SSSR count). The summed E-state index contributed by atoms with van der Waals surface area (Å²) < 4.78 is 68.4. The molecule has 160 valence electrons. The summed E-state index contributed by atoms with van der Waals surface area (Å²) in [6.07, 6.45) is -2.38. The van der Waals surface area contributed by atoms with E-state index in [1.54, 1.807) is 6.07 Å². The normalized spacial score (nSPS) is 12.5. The third-order valence-electron chi connectivity index (χ3n) is 4.69. The first kappa shape index (κ1) is 21.5. The zero-order valence-electron chi connectivity index (χ0n) is 15.9. The third kappa shape index (κ3) is 3.43. The number of hydrogen-bond donors (Lipinski definition) is 0. The van der Waals surface area contributed by atoms with Crippen LogP contribution in [-0.2, 0) is 23.1 Å². The number of aromatic nitrogens is 5. The van der Waals surface area contributed by atoms with Crippen LogP contribution >= 0.6 is 22.6 Å². The van der Waals surface area contributed by atoms with Crippen molar-refractivity contribution in [1.29, 1.82) is 5.26 Å². The number of alkyl halides is 3. The maximum absolute atomic E-state index is 13.1. The van der Waals surface area contributed by atoms with Crippen LogP contribution in [-0.4, -0.2) is 38.1 Å². The number of hydrogen-bond acceptors (Lipinski definition) is 6. The third-order valence-corrected chi connectivity index (χ3v) is 7.02. The van der Waals surface area contributed by atoms with Crippen LogP contribution in [0.3, 0.4) is 0 Å². The average molecular weight is 560 g/mol. The molecule has 0 aromatic carbocycles. The standard InChI is InChI=1S/C18H12F3IN6O2S/c1-3-31(29,30)17-13(26-14-9(6-23)4-11(22)8-28(14)17)16-25-12-5-10(18(19,20)21)7-24-15(12)27(16)2/h4-5,7-8H,3H2,1-2H3. The van der Waals surface area contributed by atoms with Gasteiger partial charge in [-0.05, 0) is 34.7 Å². The number of fused-ring (bicyclic) bond motifs is 2. The van der Waals surface area contributed by atoms with Gasteiger partial charge >= 0.3 is 6.18 Å². The van der Waals surface area contributed by atoms with E-state index >= 15 is 0 Å². The Morgan fingerprint density at radius 3 is 2.55 bits per heavy atom. The molecule has 0 bridgehead atoms. The SMILES string of the molecule is CCS(=O)(=O)c1c(-c2nc3cc(C(F)(F)F)cnc3n2C)nc2c(C#N)cc(I)cn12. The van der Waals surface area contributed by atoms with Crippen LogP contribution < -0.4 is 0 Å². The molecule has 0 unspecified atom stereocenters. The van der Waals surface area contributed by atoms with Crippen LogP contribution in [0.25, 0.3) is 28.3 Å². The topological polar surface area (TPSA) is 106 Å². The van der Waals surface area contributed by atoms with Crippen molar-refractivity contribution in [2.24, 2.45) is 7.05 Å². The molecule has 4 heterocycles. The Hall–Kier alpha value is -2.73. The Bertz CT molecular complexity index is 1520. The molecular weight excluding hydrogens is 548 g/mol. The van der Waals surface area contributed by atoms with E-state index in [2.05, 4.69) is 15.0 Å². The Balaban J connectivity index is 2.11. The van der Waals surface area contributed by atoms with Gasteiger partial charge in [0.15, 0.2) is 32.0 Å². The van der Waals surface area contributed by atoms with Gasteiger partial charge in [0.2, 0.25) is 0 Å². The van der Waals surface area contributed by atoms with E-state index in [1.807, 2.05) is 28.7 Å². The molecule has 0 fully saturated rings. The predicted molar refractivity (Wildman–Crippen MR) is 113 cm³/mol. The lowest BCUT2D eigenvalue weighted by molar-refractivity contribution is -0.137. The summed E-state index contributed by atoms with van der Waals surface area (Å²) in [6.45, 7) is 1.46. The zero-order valence-corrected chi connectivity index (χ0v) is 18.9. The van der Waals surface area contributed by atoms with Crippen molar-refractivity contribution in [2.45, 2.75) is 18.1 Å². The Morgan fingerprint density at radius 2 is 1.94 bits per heavy atom. The summed E-state index contributed by atoms with van der Waals surface area (Å²) in [4.78, 5) is 12.4. The van der Waals surface area contributed by atoms with Gasteiger partial charge < -0.3 is 4.57 Å². The second kappa shape index (κ2) is 7.16. The molecule has 0 aliphatic carbocycles.